The fraction of sp³-hybridized carbons (Fsp3) is 0.0588. The summed E-state index contributed by atoms with van der Waals surface area (Å²) in [6.45, 7) is 2.62. The second-order valence-corrected chi connectivity index (χ2v) is 30.9. The van der Waals surface area contributed by atoms with E-state index in [4.69, 9.17) is 22.9 Å². The number of aromatic amines is 4. The number of carbonyl (C=O) groups is 2. The molecule has 0 saturated heterocycles. The fourth-order valence-corrected chi connectivity index (χ4v) is 11.2. The van der Waals surface area contributed by atoms with Crippen LogP contribution in [-0.4, -0.2) is 276 Å². The second-order valence-electron chi connectivity index (χ2n) is 25.1. The van der Waals surface area contributed by atoms with Crippen molar-refractivity contribution in [3.05, 3.63) is 173 Å². The molecule has 0 aliphatic heterocycles. The van der Waals surface area contributed by atoms with E-state index in [-0.39, 0.29) is 105 Å². The van der Waals surface area contributed by atoms with Crippen molar-refractivity contribution in [2.24, 2.45) is 0 Å². The Morgan fingerprint density at radius 3 is 0.809 bits per heavy atom. The molecule has 17 rings (SSSR count). The summed E-state index contributed by atoms with van der Waals surface area (Å²) in [4.78, 5) is 41.2. The number of nitrogens with one attached hydrogen (secondary N) is 8. The quantitative estimate of drug-likeness (QED) is 0.0407. The Hall–Kier alpha value is -19.1. The molecule has 0 fully saturated rings. The molecule has 0 bridgehead atoms. The van der Waals surface area contributed by atoms with Gasteiger partial charge in [-0.2, -0.15) is 22.7 Å². The molecule has 26 N–H and O–H groups in total. The van der Waals surface area contributed by atoms with Gasteiger partial charge in [0, 0.05) is 92.6 Å². The van der Waals surface area contributed by atoms with E-state index in [1.807, 2.05) is 77.6 Å². The molecule has 6 aromatic carbocycles. The van der Waals surface area contributed by atoms with E-state index in [2.05, 4.69) is 208 Å². The number of nitrogens with two attached hydrogens (primary N) is 4. The number of rotatable bonds is 14. The first-order valence-electron chi connectivity index (χ1n) is 36.0. The summed E-state index contributed by atoms with van der Waals surface area (Å²) >= 11 is 12.3. The van der Waals surface area contributed by atoms with Gasteiger partial charge >= 0.3 is 11.4 Å². The summed E-state index contributed by atoms with van der Waals surface area (Å²) in [5.74, 6) is -3.31. The van der Waals surface area contributed by atoms with Crippen LogP contribution in [0.5, 0.6) is 57.5 Å². The first-order chi connectivity index (χ1) is 64.6. The molecule has 0 spiro atoms. The Bertz CT molecular complexity index is 6780. The van der Waals surface area contributed by atoms with Gasteiger partial charge in [0.05, 0.1) is 12.5 Å². The molecular weight excluding hydrogens is 1910 g/mol. The first kappa shape index (κ1) is 101. The molecule has 0 aliphatic carbocycles. The van der Waals surface area contributed by atoms with Crippen molar-refractivity contribution in [2.75, 3.05) is 55.5 Å². The van der Waals surface area contributed by atoms with Gasteiger partial charge in [-0.05, 0) is 120 Å². The highest BCUT2D eigenvalue weighted by Gasteiger charge is 2.19. The van der Waals surface area contributed by atoms with Gasteiger partial charge in [-0.25, -0.2) is 46.1 Å². The fourth-order valence-electron chi connectivity index (χ4n) is 8.92. The highest BCUT2D eigenvalue weighted by atomic mass is 32.2. The summed E-state index contributed by atoms with van der Waals surface area (Å²) in [6.07, 6.45) is 1.80. The van der Waals surface area contributed by atoms with Crippen LogP contribution < -0.4 is 54.4 Å². The maximum absolute atomic E-state index is 10.8. The number of carbonyl (C=O) groups excluding carboxylic acids is 2. The van der Waals surface area contributed by atoms with E-state index in [9.17, 15) is 87.1 Å². The van der Waals surface area contributed by atoms with Crippen molar-refractivity contribution in [3.8, 4) is 149 Å². The first-order valence-corrected chi connectivity index (χ1v) is 42.5. The van der Waals surface area contributed by atoms with E-state index < -0.39 is 65.9 Å². The number of benzene rings is 6. The van der Waals surface area contributed by atoms with Crippen molar-refractivity contribution in [3.63, 3.8) is 0 Å². The third kappa shape index (κ3) is 33.5. The lowest BCUT2D eigenvalue weighted by Gasteiger charge is -2.06. The summed E-state index contributed by atoms with van der Waals surface area (Å²) in [5, 5.41) is 232. The zero-order chi connectivity index (χ0) is 98.8. The number of hydrogen-bond acceptors (Lipinski definition) is 58. The summed E-state index contributed by atoms with van der Waals surface area (Å²) in [7, 11) is -7.04. The van der Waals surface area contributed by atoms with Crippen LogP contribution in [0.3, 0.4) is 0 Å². The van der Waals surface area contributed by atoms with Gasteiger partial charge in [0.2, 0.25) is 88.0 Å². The van der Waals surface area contributed by atoms with Crippen LogP contribution in [0, 0.1) is 9.54 Å². The average Bonchev–Trinajstić information content (AvgIpc) is 1.09. The molecule has 11 aromatic heterocycles. The molecule has 0 atom stereocenters. The molecular formula is C68H62N44O18S6. The number of phenols is 10. The number of aromatic hydroxyl groups is 10. The molecule has 698 valence electrons. The van der Waals surface area contributed by atoms with Crippen molar-refractivity contribution < 1.29 is 77.5 Å². The lowest BCUT2D eigenvalue weighted by atomic mass is 10.1. The van der Waals surface area contributed by atoms with Crippen LogP contribution >= 0.6 is 47.1 Å². The maximum Gasteiger partial charge on any atom is 0.378 e. The molecule has 68 heteroatoms. The molecule has 136 heavy (non-hydrogen) atoms. The number of anilines is 8. The van der Waals surface area contributed by atoms with Crippen LogP contribution in [0.25, 0.3) is 91.1 Å². The molecule has 11 heterocycles. The summed E-state index contributed by atoms with van der Waals surface area (Å²) in [6, 6.07) is 30.7. The zero-order valence-electron chi connectivity index (χ0n) is 68.7. The molecule has 0 aliphatic rings. The van der Waals surface area contributed by atoms with E-state index >= 15 is 0 Å². The minimum atomic E-state index is -3.52. The van der Waals surface area contributed by atoms with Crippen LogP contribution in [0.1, 0.15) is 13.8 Å². The molecule has 62 nitrogen and oxygen atoms in total. The van der Waals surface area contributed by atoms with Gasteiger partial charge < -0.3 is 74.0 Å². The van der Waals surface area contributed by atoms with Gasteiger partial charge in [-0.15, -0.1) is 153 Å². The number of H-pyrrole nitrogens is 4. The molecule has 17 aromatic rings. The second kappa shape index (κ2) is 47.8. The third-order valence-electron chi connectivity index (χ3n) is 14.4. The zero-order valence-corrected chi connectivity index (χ0v) is 73.6. The highest BCUT2D eigenvalue weighted by Crippen LogP contribution is 2.40. The molecule has 0 unspecified atom stereocenters. The Morgan fingerprint density at radius 2 is 0.574 bits per heavy atom. The van der Waals surface area contributed by atoms with Gasteiger partial charge in [0.15, 0.2) is 34.5 Å². The van der Waals surface area contributed by atoms with Crippen molar-refractivity contribution in [2.45, 2.75) is 13.8 Å². The predicted octanol–water partition coefficient (Wildman–Crippen LogP) is 0.815. The van der Waals surface area contributed by atoms with Gasteiger partial charge in [-0.1, -0.05) is 34.5 Å². The topological polar surface area (TPSA) is 967 Å². The maximum atomic E-state index is 10.8. The van der Waals surface area contributed by atoms with Crippen LogP contribution in [-0.2, 0) is 29.6 Å². The SMILES string of the molecule is CC(=O)Nc1nnc(NC(C)=O)nn1.CS(=O)(=O)Nc1nnc(NS(C)(=O)=O)nn1.Nc1cccc(-c2nnc(-c3cccc(N)c3)nn2)c1.Nc1nnc(N)nn1.O=c1nnc(=O)[nH][nH]1.Oc1cc(-c2nnc(-c3cc(O)c(O)c(O)c3)nn2)cc(O)c1O.Oc1cc(O)cc(-c2nnc(-c3cc(O)cc(O)c3)nn2)c1.S=c1nnc(=S)[nH][nH]1.c1cc(-c2nnc(-c3ccsc3)nn2)cs1. The third-order valence-corrected chi connectivity index (χ3v) is 17.2. The standard InChI is InChI=1S/C14H12N6.C14H10N4O6.C14H10N4O4.C10H6N4S2.C6H8N6O2.C4H8N6O4S2.C2H4N6.C2H2N4O2.C2H2N4S2/c15-11-5-1-3-9(7-11)13-17-19-14(20-18-13)10-4-2-6-12(16)8-10;19-7-1-5(2-8(20)11(7)23)13-15-17-14(18-16-13)6-3-9(21)12(24)10(22)4-6;19-9-1-7(2-10(20)5-9)13-15-17-14(18-16-13)8-3-11(21)6-12(22)4-8;1-3-15-5-7(1)9-11-13-10(14-12-9)8-2-4-16-6-8;1-3(13)7-5-9-11-6(12-10-5)8-4(2)14;1-15(11,12)9-3-5-7-4(8-6-3)10-16(2,13)14;3-1-5-7-2(4)8-6-1;2*7-1-3-5-2(8)6-4-1/h1-8H,15-16H2;1-4,19-24H;1-6,19-22H;1-6H;1-2H3,(H,7,9,10,13)(H,8,11,12,14);1-2H3,(H,5,6,9)(H,7,8,10);(H2,3,5,6)(H2,4,7,8);2*(H,3,4,7)(H,5,6,8). The van der Waals surface area contributed by atoms with Crippen LogP contribution in [0.2, 0.25) is 0 Å². The highest BCUT2D eigenvalue weighted by molar-refractivity contribution is 7.92. The van der Waals surface area contributed by atoms with Crippen molar-refractivity contribution >= 4 is 126 Å². The number of thiophene rings is 2. The van der Waals surface area contributed by atoms with Crippen LogP contribution in [0.15, 0.2) is 152 Å². The van der Waals surface area contributed by atoms with Gasteiger partial charge in [0.25, 0.3) is 35.7 Å². The number of hydrogen-bond donors (Lipinski definition) is 22. The van der Waals surface area contributed by atoms with Crippen molar-refractivity contribution in [1.29, 1.82) is 0 Å². The molecule has 0 radical (unpaired) electrons. The van der Waals surface area contributed by atoms with E-state index in [0.717, 1.165) is 59.0 Å². The number of phenolic OH excluding ortho intramolecular Hbond substituents is 10. The Morgan fingerprint density at radius 1 is 0.316 bits per heavy atom. The van der Waals surface area contributed by atoms with Crippen LogP contribution in [0.4, 0.5) is 47.1 Å². The predicted molar refractivity (Wildman–Crippen MR) is 478 cm³/mol. The number of sulfonamides is 2. The number of amides is 2. The lowest BCUT2D eigenvalue weighted by Crippen LogP contribution is -2.24. The number of nitrogens with zero attached hydrogens (tertiary/aromatic N) is 32. The van der Waals surface area contributed by atoms with Gasteiger partial charge in [-0.3, -0.25) is 30.4 Å². The monoisotopic (exact) mass is 1970 g/mol. The van der Waals surface area contributed by atoms with E-state index in [1.54, 1.807) is 46.9 Å². The van der Waals surface area contributed by atoms with Crippen molar-refractivity contribution in [1.82, 2.24) is 184 Å². The Balaban J connectivity index is 0.000000175. The minimum absolute atomic E-state index is 0.00778. The summed E-state index contributed by atoms with van der Waals surface area (Å²) in [5.41, 5.74) is 26.0. The normalized spacial score (nSPS) is 10.3. The molecule has 0 saturated carbocycles. The smallest absolute Gasteiger partial charge is 0.378 e. The van der Waals surface area contributed by atoms with E-state index in [1.165, 1.54) is 50.2 Å². The minimum Gasteiger partial charge on any atom is -0.508 e. The number of aromatic nitrogens is 36. The number of nitrogen functional groups attached to an aromatic ring is 4. The summed E-state index contributed by atoms with van der Waals surface area (Å²) < 4.78 is 47.5. The average molecular weight is 1980 g/mol. The van der Waals surface area contributed by atoms with E-state index in [0.29, 0.717) is 55.3 Å². The Labute approximate surface area is 774 Å². The largest absolute Gasteiger partial charge is 0.508 e. The van der Waals surface area contributed by atoms with Gasteiger partial charge in [0.1, 0.15) is 23.0 Å². The Kier molecular flexibility index (Phi) is 35.4. The molecule has 2 amide bonds. The lowest BCUT2D eigenvalue weighted by molar-refractivity contribution is -0.115.